The highest BCUT2D eigenvalue weighted by Crippen LogP contribution is 2.42. The first-order valence-electron chi connectivity index (χ1n) is 10.8. The molecular weight excluding hydrogens is 372 g/mol. The van der Waals surface area contributed by atoms with Crippen LogP contribution in [0.25, 0.3) is 11.3 Å². The molecule has 3 heterocycles. The largest absolute Gasteiger partial charge is 0.485 e. The number of hydrogen-bond donors (Lipinski definition) is 2. The standard InChI is InChI=1S/C25H30N4O/c1-15-16(2)24-19(17(3)22(15)26)8-11-25(4,30-24)14-29-13-10-21(28-29)20-7-5-6-18-9-12-27-23(18)20/h5-7,10,13,27H,8-9,11-12,14,26H2,1-4H3/t25-/m0/s1. The van der Waals surface area contributed by atoms with Crippen LogP contribution < -0.4 is 15.8 Å². The van der Waals surface area contributed by atoms with E-state index in [1.165, 1.54) is 27.9 Å². The molecule has 1 aromatic heterocycles. The SMILES string of the molecule is Cc1c(C)c2c(c(C)c1N)CC[C@@](C)(Cn1ccc(-c3cccc4c3NCC4)n1)O2. The van der Waals surface area contributed by atoms with Gasteiger partial charge in [-0.3, -0.25) is 4.68 Å². The van der Waals surface area contributed by atoms with Gasteiger partial charge in [-0.25, -0.2) is 0 Å². The zero-order chi connectivity index (χ0) is 21.0. The second kappa shape index (κ2) is 6.79. The van der Waals surface area contributed by atoms with Crippen LogP contribution in [0.2, 0.25) is 0 Å². The van der Waals surface area contributed by atoms with Gasteiger partial charge in [0, 0.05) is 29.7 Å². The third kappa shape index (κ3) is 2.95. The average Bonchev–Trinajstić information content (AvgIpc) is 3.39. The highest BCUT2D eigenvalue weighted by Gasteiger charge is 2.35. The van der Waals surface area contributed by atoms with E-state index in [-0.39, 0.29) is 5.60 Å². The number of nitrogens with two attached hydrogens (primary N) is 1. The fourth-order valence-corrected chi connectivity index (χ4v) is 4.94. The molecule has 0 fully saturated rings. The Morgan fingerprint density at radius 2 is 1.97 bits per heavy atom. The van der Waals surface area contributed by atoms with Crippen LogP contribution in [0, 0.1) is 20.8 Å². The minimum atomic E-state index is -0.299. The summed E-state index contributed by atoms with van der Waals surface area (Å²) in [6.07, 6.45) is 5.07. The lowest BCUT2D eigenvalue weighted by Crippen LogP contribution is -2.41. The molecule has 0 radical (unpaired) electrons. The van der Waals surface area contributed by atoms with Crippen molar-refractivity contribution in [2.75, 3.05) is 17.6 Å². The van der Waals surface area contributed by atoms with Crippen molar-refractivity contribution in [3.8, 4) is 17.0 Å². The molecule has 0 saturated carbocycles. The zero-order valence-corrected chi connectivity index (χ0v) is 18.3. The van der Waals surface area contributed by atoms with E-state index < -0.39 is 0 Å². The molecule has 5 rings (SSSR count). The van der Waals surface area contributed by atoms with Gasteiger partial charge in [-0.2, -0.15) is 5.10 Å². The van der Waals surface area contributed by atoms with Gasteiger partial charge in [-0.1, -0.05) is 18.2 Å². The molecule has 3 aromatic rings. The number of ether oxygens (including phenoxy) is 1. The van der Waals surface area contributed by atoms with Gasteiger partial charge >= 0.3 is 0 Å². The van der Waals surface area contributed by atoms with Gasteiger partial charge < -0.3 is 15.8 Å². The summed E-state index contributed by atoms with van der Waals surface area (Å²) in [4.78, 5) is 0. The number of fused-ring (bicyclic) bond motifs is 2. The van der Waals surface area contributed by atoms with E-state index in [1.807, 2.05) is 4.68 Å². The van der Waals surface area contributed by atoms with E-state index in [1.54, 1.807) is 0 Å². The molecule has 5 heteroatoms. The molecule has 2 aromatic carbocycles. The van der Waals surface area contributed by atoms with Crippen molar-refractivity contribution in [1.29, 1.82) is 0 Å². The molecule has 2 aliphatic heterocycles. The molecule has 30 heavy (non-hydrogen) atoms. The number of nitrogens with one attached hydrogen (secondary N) is 1. The third-order valence-corrected chi connectivity index (χ3v) is 6.95. The monoisotopic (exact) mass is 402 g/mol. The van der Waals surface area contributed by atoms with E-state index in [0.29, 0.717) is 0 Å². The molecule has 3 N–H and O–H groups in total. The number of benzene rings is 2. The molecule has 2 aliphatic rings. The maximum absolute atomic E-state index is 6.63. The lowest BCUT2D eigenvalue weighted by Gasteiger charge is -2.38. The normalized spacial score (nSPS) is 19.7. The molecule has 0 bridgehead atoms. The van der Waals surface area contributed by atoms with E-state index in [4.69, 9.17) is 15.6 Å². The number of anilines is 2. The minimum Gasteiger partial charge on any atom is -0.485 e. The van der Waals surface area contributed by atoms with Gasteiger partial charge in [-0.05, 0) is 80.8 Å². The second-order valence-corrected chi connectivity index (χ2v) is 9.06. The number of aromatic nitrogens is 2. The third-order valence-electron chi connectivity index (χ3n) is 6.95. The Morgan fingerprint density at radius 3 is 2.80 bits per heavy atom. The molecule has 0 amide bonds. The molecule has 0 spiro atoms. The Hall–Kier alpha value is -2.95. The lowest BCUT2D eigenvalue weighted by molar-refractivity contribution is 0.0430. The van der Waals surface area contributed by atoms with E-state index in [2.05, 4.69) is 63.5 Å². The fraction of sp³-hybridized carbons (Fsp3) is 0.400. The summed E-state index contributed by atoms with van der Waals surface area (Å²) in [6.45, 7) is 10.2. The Labute approximate surface area is 178 Å². The van der Waals surface area contributed by atoms with Crippen LogP contribution in [-0.4, -0.2) is 21.9 Å². The Balaban J connectivity index is 1.42. The first kappa shape index (κ1) is 19.0. The molecule has 1 atom stereocenters. The topological polar surface area (TPSA) is 65.1 Å². The Kier molecular flexibility index (Phi) is 4.31. The summed E-state index contributed by atoms with van der Waals surface area (Å²) in [5.41, 5.74) is 16.4. The molecule has 0 unspecified atom stereocenters. The van der Waals surface area contributed by atoms with E-state index in [0.717, 1.165) is 60.6 Å². The first-order valence-corrected chi connectivity index (χ1v) is 10.8. The molecule has 5 nitrogen and oxygen atoms in total. The molecule has 156 valence electrons. The molecule has 0 saturated heterocycles. The van der Waals surface area contributed by atoms with Gasteiger partial charge in [0.2, 0.25) is 0 Å². The smallest absolute Gasteiger partial charge is 0.127 e. The van der Waals surface area contributed by atoms with Crippen LogP contribution in [-0.2, 0) is 19.4 Å². The van der Waals surface area contributed by atoms with Crippen molar-refractivity contribution in [1.82, 2.24) is 9.78 Å². The van der Waals surface area contributed by atoms with Crippen molar-refractivity contribution in [2.45, 2.75) is 59.1 Å². The summed E-state index contributed by atoms with van der Waals surface area (Å²) in [6, 6.07) is 8.58. The highest BCUT2D eigenvalue weighted by atomic mass is 16.5. The summed E-state index contributed by atoms with van der Waals surface area (Å²) in [7, 11) is 0. The van der Waals surface area contributed by atoms with Crippen molar-refractivity contribution in [3.05, 3.63) is 58.3 Å². The summed E-state index contributed by atoms with van der Waals surface area (Å²) < 4.78 is 8.66. The quantitative estimate of drug-likeness (QED) is 0.617. The van der Waals surface area contributed by atoms with E-state index >= 15 is 0 Å². The summed E-state index contributed by atoms with van der Waals surface area (Å²) in [5.74, 6) is 1.02. The van der Waals surface area contributed by atoms with Gasteiger partial charge in [0.05, 0.1) is 12.2 Å². The number of nitrogen functional groups attached to an aromatic ring is 1. The number of hydrogen-bond acceptors (Lipinski definition) is 4. The zero-order valence-electron chi connectivity index (χ0n) is 18.3. The van der Waals surface area contributed by atoms with Crippen molar-refractivity contribution in [2.24, 2.45) is 0 Å². The Morgan fingerprint density at radius 1 is 1.13 bits per heavy atom. The van der Waals surface area contributed by atoms with Crippen LogP contribution >= 0.6 is 0 Å². The van der Waals surface area contributed by atoms with Crippen molar-refractivity contribution < 1.29 is 4.74 Å². The highest BCUT2D eigenvalue weighted by molar-refractivity contribution is 5.79. The summed E-state index contributed by atoms with van der Waals surface area (Å²) >= 11 is 0. The fourth-order valence-electron chi connectivity index (χ4n) is 4.94. The Bertz CT molecular complexity index is 1150. The van der Waals surface area contributed by atoms with E-state index in [9.17, 15) is 0 Å². The van der Waals surface area contributed by atoms with Crippen LogP contribution in [0.5, 0.6) is 5.75 Å². The van der Waals surface area contributed by atoms with Gasteiger partial charge in [0.15, 0.2) is 0 Å². The predicted molar refractivity (Wildman–Crippen MR) is 122 cm³/mol. The van der Waals surface area contributed by atoms with Gasteiger partial charge in [-0.15, -0.1) is 0 Å². The molecular formula is C25H30N4O. The first-order chi connectivity index (χ1) is 14.4. The van der Waals surface area contributed by atoms with Gasteiger partial charge in [0.25, 0.3) is 0 Å². The van der Waals surface area contributed by atoms with Crippen LogP contribution in [0.4, 0.5) is 11.4 Å². The van der Waals surface area contributed by atoms with Crippen LogP contribution in [0.3, 0.4) is 0 Å². The van der Waals surface area contributed by atoms with Crippen molar-refractivity contribution >= 4 is 11.4 Å². The van der Waals surface area contributed by atoms with Crippen molar-refractivity contribution in [3.63, 3.8) is 0 Å². The number of nitrogens with zero attached hydrogens (tertiary/aromatic N) is 2. The van der Waals surface area contributed by atoms with Gasteiger partial charge in [0.1, 0.15) is 11.4 Å². The second-order valence-electron chi connectivity index (χ2n) is 9.06. The van der Waals surface area contributed by atoms with Crippen LogP contribution in [0.1, 0.15) is 41.2 Å². The number of rotatable bonds is 3. The van der Waals surface area contributed by atoms with Crippen LogP contribution in [0.15, 0.2) is 30.5 Å². The maximum Gasteiger partial charge on any atom is 0.127 e. The number of para-hydroxylation sites is 1. The summed E-state index contributed by atoms with van der Waals surface area (Å²) in [5, 5.41) is 8.42. The average molecular weight is 403 g/mol. The molecule has 0 aliphatic carbocycles. The predicted octanol–water partition coefficient (Wildman–Crippen LogP) is 4.81. The lowest BCUT2D eigenvalue weighted by atomic mass is 9.87. The minimum absolute atomic E-state index is 0.299. The maximum atomic E-state index is 6.63.